The summed E-state index contributed by atoms with van der Waals surface area (Å²) in [7, 11) is 0. The van der Waals surface area contributed by atoms with Crippen LogP contribution in [0.2, 0.25) is 0 Å². The molecule has 28 heavy (non-hydrogen) atoms. The lowest BCUT2D eigenvalue weighted by Crippen LogP contribution is -2.45. The zero-order valence-electron chi connectivity index (χ0n) is 15.4. The van der Waals surface area contributed by atoms with E-state index in [0.29, 0.717) is 23.6 Å². The number of nitrogens with one attached hydrogen (secondary N) is 2. The Bertz CT molecular complexity index is 866. The van der Waals surface area contributed by atoms with E-state index >= 15 is 0 Å². The summed E-state index contributed by atoms with van der Waals surface area (Å²) in [5, 5.41) is 5.37. The van der Waals surface area contributed by atoms with Crippen LogP contribution in [0.3, 0.4) is 0 Å². The molecule has 2 aromatic carbocycles. The Hall–Kier alpha value is -2.99. The Morgan fingerprint density at radius 3 is 2.50 bits per heavy atom. The predicted molar refractivity (Wildman–Crippen MR) is 106 cm³/mol. The Kier molecular flexibility index (Phi) is 6.55. The van der Waals surface area contributed by atoms with Gasteiger partial charge in [0.1, 0.15) is 19.0 Å². The van der Waals surface area contributed by atoms with E-state index in [1.165, 1.54) is 0 Å². The molecule has 6 nitrogen and oxygen atoms in total. The maximum Gasteiger partial charge on any atom is 0.338 e. The van der Waals surface area contributed by atoms with Crippen molar-refractivity contribution in [2.75, 3.05) is 12.5 Å². The summed E-state index contributed by atoms with van der Waals surface area (Å²) >= 11 is 5.60. The molecule has 0 aromatic heterocycles. The van der Waals surface area contributed by atoms with Gasteiger partial charge in [-0.3, -0.25) is 0 Å². The predicted octanol–water partition coefficient (Wildman–Crippen LogP) is 3.68. The number of allylic oxidation sites excluding steroid dienone is 1. The van der Waals surface area contributed by atoms with Crippen LogP contribution in [0.25, 0.3) is 0 Å². The molecular formula is C21H21ClN2O4. The number of hydrogen-bond donors (Lipinski definition) is 2. The fourth-order valence-corrected chi connectivity index (χ4v) is 3.00. The lowest BCUT2D eigenvalue weighted by Gasteiger charge is -2.28. The van der Waals surface area contributed by atoms with Crippen molar-refractivity contribution < 1.29 is 19.1 Å². The first kappa shape index (κ1) is 19.8. The lowest BCUT2D eigenvalue weighted by molar-refractivity contribution is -0.139. The third-order valence-corrected chi connectivity index (χ3v) is 4.42. The average molecular weight is 401 g/mol. The molecule has 3 rings (SSSR count). The number of esters is 1. The van der Waals surface area contributed by atoms with Gasteiger partial charge in [-0.15, -0.1) is 11.6 Å². The first-order valence-electron chi connectivity index (χ1n) is 8.86. The second-order valence-electron chi connectivity index (χ2n) is 6.24. The van der Waals surface area contributed by atoms with Gasteiger partial charge in [0.15, 0.2) is 0 Å². The van der Waals surface area contributed by atoms with E-state index in [-0.39, 0.29) is 18.5 Å². The number of alkyl halides is 1. The van der Waals surface area contributed by atoms with E-state index in [1.807, 2.05) is 54.6 Å². The van der Waals surface area contributed by atoms with Gasteiger partial charge in [-0.1, -0.05) is 42.5 Å². The Morgan fingerprint density at radius 2 is 1.82 bits per heavy atom. The maximum absolute atomic E-state index is 12.4. The number of urea groups is 1. The molecule has 2 amide bonds. The Morgan fingerprint density at radius 1 is 1.11 bits per heavy atom. The topological polar surface area (TPSA) is 76.7 Å². The smallest absolute Gasteiger partial charge is 0.338 e. The highest BCUT2D eigenvalue weighted by molar-refractivity contribution is 6.18. The van der Waals surface area contributed by atoms with E-state index in [2.05, 4.69) is 10.6 Å². The minimum Gasteiger partial charge on any atom is -0.489 e. The van der Waals surface area contributed by atoms with Gasteiger partial charge >= 0.3 is 12.0 Å². The maximum atomic E-state index is 12.4. The van der Waals surface area contributed by atoms with Crippen LogP contribution < -0.4 is 15.4 Å². The van der Waals surface area contributed by atoms with E-state index in [9.17, 15) is 9.59 Å². The average Bonchev–Trinajstić information content (AvgIpc) is 2.71. The number of rotatable bonds is 7. The number of hydrogen-bond acceptors (Lipinski definition) is 4. The Labute approximate surface area is 168 Å². The zero-order chi connectivity index (χ0) is 19.9. The summed E-state index contributed by atoms with van der Waals surface area (Å²) in [6, 6.07) is 16.1. The van der Waals surface area contributed by atoms with Crippen molar-refractivity contribution in [1.82, 2.24) is 10.6 Å². The van der Waals surface area contributed by atoms with Crippen LogP contribution in [0.4, 0.5) is 4.79 Å². The molecule has 0 aliphatic carbocycles. The van der Waals surface area contributed by atoms with Gasteiger partial charge in [-0.2, -0.15) is 0 Å². The summed E-state index contributed by atoms with van der Waals surface area (Å²) in [4.78, 5) is 24.3. The van der Waals surface area contributed by atoms with Crippen molar-refractivity contribution in [3.05, 3.63) is 77.0 Å². The molecule has 0 bridgehead atoms. The number of carbonyl (C=O) groups excluding carboxylic acids is 2. The van der Waals surface area contributed by atoms with Gasteiger partial charge < -0.3 is 20.1 Å². The minimum atomic E-state index is -0.611. The summed E-state index contributed by atoms with van der Waals surface area (Å²) in [5.41, 5.74) is 2.62. The number of amides is 2. The molecule has 1 atom stereocenters. The lowest BCUT2D eigenvalue weighted by atomic mass is 9.95. The van der Waals surface area contributed by atoms with Crippen molar-refractivity contribution >= 4 is 23.6 Å². The molecule has 0 radical (unpaired) electrons. The first-order chi connectivity index (χ1) is 13.6. The highest BCUT2D eigenvalue weighted by atomic mass is 35.5. The van der Waals surface area contributed by atoms with Gasteiger partial charge in [-0.05, 0) is 30.2 Å². The largest absolute Gasteiger partial charge is 0.489 e. The third kappa shape index (κ3) is 4.84. The van der Waals surface area contributed by atoms with Crippen LogP contribution in [0.1, 0.15) is 24.1 Å². The summed E-state index contributed by atoms with van der Waals surface area (Å²) in [6.45, 7) is 2.23. The van der Waals surface area contributed by atoms with Crippen LogP contribution in [0.5, 0.6) is 5.75 Å². The second-order valence-corrected chi connectivity index (χ2v) is 6.62. The van der Waals surface area contributed by atoms with Crippen molar-refractivity contribution in [2.24, 2.45) is 0 Å². The molecular weight excluding hydrogens is 380 g/mol. The molecule has 0 spiro atoms. The first-order valence-corrected chi connectivity index (χ1v) is 9.40. The van der Waals surface area contributed by atoms with Crippen molar-refractivity contribution in [3.63, 3.8) is 0 Å². The van der Waals surface area contributed by atoms with Crippen molar-refractivity contribution in [1.29, 1.82) is 0 Å². The second kappa shape index (κ2) is 9.28. The number of benzene rings is 2. The highest BCUT2D eigenvalue weighted by Gasteiger charge is 2.32. The SMILES string of the molecule is CC1=C(C(=O)OCCCl)[C@@H](c2ccc(OCc3ccccc3)cc2)NC(=O)N1. The third-order valence-electron chi connectivity index (χ3n) is 4.26. The summed E-state index contributed by atoms with van der Waals surface area (Å²) in [6.07, 6.45) is 0. The summed E-state index contributed by atoms with van der Waals surface area (Å²) < 4.78 is 10.9. The number of halogens is 1. The molecule has 146 valence electrons. The summed E-state index contributed by atoms with van der Waals surface area (Å²) in [5.74, 6) is 0.385. The standard InChI is InChI=1S/C21H21ClN2O4/c1-14-18(20(25)27-12-11-22)19(24-21(26)23-14)16-7-9-17(10-8-16)28-13-15-5-3-2-4-6-15/h2-10,19H,11-13H2,1H3,(H2,23,24,26)/t19-/m1/s1. The van der Waals surface area contributed by atoms with Crippen molar-refractivity contribution in [2.45, 2.75) is 19.6 Å². The van der Waals surface area contributed by atoms with Gasteiger partial charge in [-0.25, -0.2) is 9.59 Å². The Balaban J connectivity index is 1.75. The number of carbonyl (C=O) groups is 2. The van der Waals surface area contributed by atoms with Gasteiger partial charge in [0.25, 0.3) is 0 Å². The van der Waals surface area contributed by atoms with Crippen LogP contribution in [-0.2, 0) is 16.1 Å². The molecule has 2 aromatic rings. The van der Waals surface area contributed by atoms with Gasteiger partial charge in [0.2, 0.25) is 0 Å². The van der Waals surface area contributed by atoms with Crippen LogP contribution in [0.15, 0.2) is 65.9 Å². The highest BCUT2D eigenvalue weighted by Crippen LogP contribution is 2.29. The van der Waals surface area contributed by atoms with Crippen LogP contribution in [-0.4, -0.2) is 24.5 Å². The van der Waals surface area contributed by atoms with Crippen LogP contribution in [0, 0.1) is 0 Å². The monoisotopic (exact) mass is 400 g/mol. The fourth-order valence-electron chi connectivity index (χ4n) is 2.92. The van der Waals surface area contributed by atoms with E-state index in [1.54, 1.807) is 6.92 Å². The molecule has 1 aliphatic rings. The number of ether oxygens (including phenoxy) is 2. The zero-order valence-corrected chi connectivity index (χ0v) is 16.2. The molecule has 0 fully saturated rings. The van der Waals surface area contributed by atoms with Crippen molar-refractivity contribution in [3.8, 4) is 5.75 Å². The molecule has 1 heterocycles. The molecule has 0 saturated heterocycles. The van der Waals surface area contributed by atoms with Gasteiger partial charge in [0, 0.05) is 5.70 Å². The molecule has 7 heteroatoms. The fraction of sp³-hybridized carbons (Fsp3) is 0.238. The molecule has 1 aliphatic heterocycles. The van der Waals surface area contributed by atoms with Crippen LogP contribution >= 0.6 is 11.6 Å². The van der Waals surface area contributed by atoms with E-state index in [4.69, 9.17) is 21.1 Å². The molecule has 0 saturated carbocycles. The van der Waals surface area contributed by atoms with Gasteiger partial charge in [0.05, 0.1) is 17.5 Å². The molecule has 0 unspecified atom stereocenters. The minimum absolute atomic E-state index is 0.101. The quantitative estimate of drug-likeness (QED) is 0.549. The van der Waals surface area contributed by atoms with E-state index < -0.39 is 12.0 Å². The normalized spacial score (nSPS) is 16.2. The van der Waals surface area contributed by atoms with E-state index in [0.717, 1.165) is 11.1 Å². The molecule has 2 N–H and O–H groups in total.